The minimum Gasteiger partial charge on any atom is -0.309 e. The highest BCUT2D eigenvalue weighted by molar-refractivity contribution is 6.30. The maximum atomic E-state index is 6.10. The molecule has 0 spiro atoms. The number of rotatable bonds is 5. The van der Waals surface area contributed by atoms with Crippen LogP contribution in [-0.2, 0) is 6.54 Å². The van der Waals surface area contributed by atoms with E-state index >= 15 is 0 Å². The Balaban J connectivity index is 1.46. The highest BCUT2D eigenvalue weighted by Crippen LogP contribution is 2.54. The van der Waals surface area contributed by atoms with Crippen LogP contribution in [0.5, 0.6) is 0 Å². The molecule has 26 heavy (non-hydrogen) atoms. The van der Waals surface area contributed by atoms with E-state index in [2.05, 4.69) is 41.3 Å². The van der Waals surface area contributed by atoms with E-state index in [4.69, 9.17) is 11.6 Å². The van der Waals surface area contributed by atoms with Crippen LogP contribution in [0.25, 0.3) is 0 Å². The summed E-state index contributed by atoms with van der Waals surface area (Å²) >= 11 is 6.10. The van der Waals surface area contributed by atoms with Gasteiger partial charge in [-0.2, -0.15) is 0 Å². The molecular formula is C22H28ClN3. The lowest BCUT2D eigenvalue weighted by Crippen LogP contribution is -2.57. The number of benzene rings is 1. The topological polar surface area (TPSA) is 37.8 Å². The molecule has 4 atom stereocenters. The Hall–Kier alpha value is -1.45. The third-order valence-corrected chi connectivity index (χ3v) is 6.47. The first-order chi connectivity index (χ1) is 12.6. The van der Waals surface area contributed by atoms with Crippen molar-refractivity contribution in [1.82, 2.24) is 15.3 Å². The van der Waals surface area contributed by atoms with Crippen LogP contribution in [-0.4, -0.2) is 16.0 Å². The van der Waals surface area contributed by atoms with E-state index in [1.54, 1.807) is 0 Å². The summed E-state index contributed by atoms with van der Waals surface area (Å²) < 4.78 is 0. The minimum absolute atomic E-state index is 0.376. The lowest BCUT2D eigenvalue weighted by Gasteiger charge is -2.55. The van der Waals surface area contributed by atoms with E-state index in [0.29, 0.717) is 17.9 Å². The molecule has 1 heterocycles. The number of nitrogens with zero attached hydrogens (tertiary/aromatic N) is 2. The molecule has 138 valence electrons. The third-order valence-electron chi connectivity index (χ3n) is 6.22. The quantitative estimate of drug-likeness (QED) is 0.775. The van der Waals surface area contributed by atoms with Crippen molar-refractivity contribution in [2.24, 2.45) is 11.8 Å². The average molecular weight is 370 g/mol. The third kappa shape index (κ3) is 3.52. The Bertz CT molecular complexity index is 726. The van der Waals surface area contributed by atoms with Gasteiger partial charge in [-0.15, -0.1) is 0 Å². The van der Waals surface area contributed by atoms with Gasteiger partial charge in [0, 0.05) is 47.4 Å². The predicted molar refractivity (Wildman–Crippen MR) is 106 cm³/mol. The molecule has 4 rings (SSSR count). The number of halogens is 1. The minimum atomic E-state index is 0.376. The second-order valence-electron chi connectivity index (χ2n) is 8.20. The molecule has 2 aliphatic carbocycles. The fourth-order valence-electron chi connectivity index (χ4n) is 4.87. The van der Waals surface area contributed by atoms with Crippen molar-refractivity contribution in [3.63, 3.8) is 0 Å². The molecule has 0 amide bonds. The lowest BCUT2D eigenvalue weighted by molar-refractivity contribution is 0.0254. The maximum Gasteiger partial charge on any atom is 0.130 e. The molecule has 1 N–H and O–H groups in total. The molecule has 2 unspecified atom stereocenters. The predicted octanol–water partition coefficient (Wildman–Crippen LogP) is 5.32. The molecule has 0 saturated heterocycles. The van der Waals surface area contributed by atoms with Gasteiger partial charge in [-0.3, -0.25) is 0 Å². The van der Waals surface area contributed by atoms with Gasteiger partial charge in [-0.1, -0.05) is 50.4 Å². The molecule has 2 saturated carbocycles. The molecule has 0 aliphatic heterocycles. The summed E-state index contributed by atoms with van der Waals surface area (Å²) in [5, 5.41) is 4.65. The zero-order valence-corrected chi connectivity index (χ0v) is 16.4. The van der Waals surface area contributed by atoms with Crippen molar-refractivity contribution in [3.05, 3.63) is 58.6 Å². The molecule has 3 nitrogen and oxygen atoms in total. The first-order valence-electron chi connectivity index (χ1n) is 9.93. The second kappa shape index (κ2) is 7.66. The van der Waals surface area contributed by atoms with Crippen molar-refractivity contribution in [3.8, 4) is 0 Å². The van der Waals surface area contributed by atoms with Gasteiger partial charge in [0.15, 0.2) is 0 Å². The zero-order valence-electron chi connectivity index (χ0n) is 15.7. The Labute approximate surface area is 161 Å². The lowest BCUT2D eigenvalue weighted by atomic mass is 9.53. The monoisotopic (exact) mass is 369 g/mol. The van der Waals surface area contributed by atoms with E-state index in [0.717, 1.165) is 29.2 Å². The van der Waals surface area contributed by atoms with Crippen LogP contribution in [0.2, 0.25) is 5.02 Å². The summed E-state index contributed by atoms with van der Waals surface area (Å²) in [7, 11) is 0. The van der Waals surface area contributed by atoms with Gasteiger partial charge in [0.05, 0.1) is 0 Å². The van der Waals surface area contributed by atoms with Crippen molar-refractivity contribution in [2.75, 3.05) is 0 Å². The van der Waals surface area contributed by atoms with E-state index in [1.165, 1.54) is 36.8 Å². The van der Waals surface area contributed by atoms with Crippen molar-refractivity contribution in [1.29, 1.82) is 0 Å². The molecule has 0 radical (unpaired) electrons. The summed E-state index contributed by atoms with van der Waals surface area (Å²) in [5.74, 6) is 3.53. The second-order valence-corrected chi connectivity index (χ2v) is 8.64. The van der Waals surface area contributed by atoms with Crippen LogP contribution in [0.1, 0.15) is 68.3 Å². The van der Waals surface area contributed by atoms with E-state index in [-0.39, 0.29) is 0 Å². The summed E-state index contributed by atoms with van der Waals surface area (Å²) in [5.41, 5.74) is 2.60. The molecule has 0 bridgehead atoms. The molecule has 1 aromatic heterocycles. The van der Waals surface area contributed by atoms with E-state index < -0.39 is 0 Å². The Morgan fingerprint density at radius 2 is 1.69 bits per heavy atom. The summed E-state index contributed by atoms with van der Waals surface area (Å²) in [6.45, 7) is 5.10. The molecule has 2 fully saturated rings. The SMILES string of the molecule is CC(C)c1ncc(CN[C@@H]2C3CCCCC3[C@H]2c2ccc(Cl)cc2)cn1. The van der Waals surface area contributed by atoms with Crippen LogP contribution < -0.4 is 5.32 Å². The standard InChI is InChI=1S/C22H28ClN3/c1-14(2)22-25-12-15(13-26-22)11-24-21-19-6-4-3-5-18(19)20(21)16-7-9-17(23)10-8-16/h7-10,12-14,18-21,24H,3-6,11H2,1-2H3/t18?,19?,20-,21-/m1/s1. The van der Waals surface area contributed by atoms with Crippen molar-refractivity contribution < 1.29 is 0 Å². The summed E-state index contributed by atoms with van der Waals surface area (Å²) in [6, 6.07) is 9.04. The normalized spacial score (nSPS) is 27.8. The number of aromatic nitrogens is 2. The van der Waals surface area contributed by atoms with Crippen molar-refractivity contribution >= 4 is 11.6 Å². The summed E-state index contributed by atoms with van der Waals surface area (Å²) in [6.07, 6.45) is 9.42. The fourth-order valence-corrected chi connectivity index (χ4v) is 5.00. The highest BCUT2D eigenvalue weighted by atomic mass is 35.5. The average Bonchev–Trinajstić information content (AvgIpc) is 2.65. The highest BCUT2D eigenvalue weighted by Gasteiger charge is 2.50. The van der Waals surface area contributed by atoms with Gasteiger partial charge in [-0.05, 0) is 42.4 Å². The number of fused-ring (bicyclic) bond motifs is 1. The number of hydrogen-bond donors (Lipinski definition) is 1. The van der Waals surface area contributed by atoms with Gasteiger partial charge >= 0.3 is 0 Å². The van der Waals surface area contributed by atoms with Gasteiger partial charge in [0.2, 0.25) is 0 Å². The Morgan fingerprint density at radius 1 is 1.04 bits per heavy atom. The first-order valence-corrected chi connectivity index (χ1v) is 10.3. The molecule has 2 aliphatic rings. The number of nitrogens with one attached hydrogen (secondary N) is 1. The van der Waals surface area contributed by atoms with Crippen LogP contribution >= 0.6 is 11.6 Å². The van der Waals surface area contributed by atoms with Crippen LogP contribution in [0.3, 0.4) is 0 Å². The molecule has 1 aromatic carbocycles. The smallest absolute Gasteiger partial charge is 0.130 e. The van der Waals surface area contributed by atoms with Gasteiger partial charge in [0.1, 0.15) is 5.82 Å². The van der Waals surface area contributed by atoms with E-state index in [1.807, 2.05) is 24.5 Å². The van der Waals surface area contributed by atoms with Gasteiger partial charge < -0.3 is 5.32 Å². The van der Waals surface area contributed by atoms with Crippen LogP contribution in [0.15, 0.2) is 36.7 Å². The van der Waals surface area contributed by atoms with Gasteiger partial charge in [-0.25, -0.2) is 9.97 Å². The Kier molecular flexibility index (Phi) is 5.28. The fraction of sp³-hybridized carbons (Fsp3) is 0.545. The molecular weight excluding hydrogens is 342 g/mol. The van der Waals surface area contributed by atoms with E-state index in [9.17, 15) is 0 Å². The largest absolute Gasteiger partial charge is 0.309 e. The van der Waals surface area contributed by atoms with Crippen molar-refractivity contribution in [2.45, 2.75) is 64.0 Å². The first kappa shape index (κ1) is 17.9. The zero-order chi connectivity index (χ0) is 18.1. The Morgan fingerprint density at radius 3 is 2.35 bits per heavy atom. The summed E-state index contributed by atoms with van der Waals surface area (Å²) in [4.78, 5) is 9.01. The van der Waals surface area contributed by atoms with Crippen LogP contribution in [0.4, 0.5) is 0 Å². The molecule has 4 heteroatoms. The van der Waals surface area contributed by atoms with Crippen LogP contribution in [0, 0.1) is 11.8 Å². The maximum absolute atomic E-state index is 6.10. The number of hydrogen-bond acceptors (Lipinski definition) is 3. The molecule has 2 aromatic rings. The van der Waals surface area contributed by atoms with Gasteiger partial charge in [0.25, 0.3) is 0 Å².